The molecule has 0 radical (unpaired) electrons. The quantitative estimate of drug-likeness (QED) is 0.157. The molecule has 0 atom stereocenters. The van der Waals surface area contributed by atoms with Crippen molar-refractivity contribution in [3.05, 3.63) is 231 Å². The third kappa shape index (κ3) is 4.96. The van der Waals surface area contributed by atoms with Gasteiger partial charge in [0.15, 0.2) is 0 Å². The highest BCUT2D eigenvalue weighted by Gasteiger charge is 2.20. The monoisotopic (exact) mass is 810 g/mol. The van der Waals surface area contributed by atoms with Crippen molar-refractivity contribution < 1.29 is 0 Å². The van der Waals surface area contributed by atoms with Gasteiger partial charge in [0, 0.05) is 32.6 Å². The van der Waals surface area contributed by atoms with Gasteiger partial charge in [0.1, 0.15) is 0 Å². The number of nitrogens with zero attached hydrogens (tertiary/aromatic N) is 2. The van der Waals surface area contributed by atoms with Gasteiger partial charge in [0.25, 0.3) is 0 Å². The summed E-state index contributed by atoms with van der Waals surface area (Å²) in [6.07, 6.45) is 0. The van der Waals surface area contributed by atoms with E-state index in [1.165, 1.54) is 131 Å². The zero-order chi connectivity index (χ0) is 41.9. The molecule has 0 aliphatic carbocycles. The van der Waals surface area contributed by atoms with Crippen LogP contribution in [-0.4, -0.2) is 9.13 Å². The summed E-state index contributed by atoms with van der Waals surface area (Å²) < 4.78 is 4.86. The molecule has 0 aliphatic rings. The molecule has 64 heavy (non-hydrogen) atoms. The summed E-state index contributed by atoms with van der Waals surface area (Å²) in [6, 6.07) is 85.3. The Balaban J connectivity index is 0.971. The predicted octanol–water partition coefficient (Wildman–Crippen LogP) is 17.0. The van der Waals surface area contributed by atoms with Crippen LogP contribution < -0.4 is 0 Å². The number of hydrogen-bond acceptors (Lipinski definition) is 0. The number of para-hydroxylation sites is 3. The summed E-state index contributed by atoms with van der Waals surface area (Å²) in [5.41, 5.74) is 12.1. The smallest absolute Gasteiger partial charge is 0.0541 e. The van der Waals surface area contributed by atoms with E-state index in [1.54, 1.807) is 0 Å². The lowest BCUT2D eigenvalue weighted by Gasteiger charge is -2.18. The fourth-order valence-electron chi connectivity index (χ4n) is 11.1. The molecule has 0 bridgehead atoms. The van der Waals surface area contributed by atoms with Crippen molar-refractivity contribution in [2.45, 2.75) is 0 Å². The van der Waals surface area contributed by atoms with E-state index in [9.17, 15) is 0 Å². The molecule has 2 aromatic heterocycles. The first kappa shape index (κ1) is 35.2. The lowest BCUT2D eigenvalue weighted by molar-refractivity contribution is 1.18. The Morgan fingerprint density at radius 3 is 1.27 bits per heavy atom. The van der Waals surface area contributed by atoms with E-state index < -0.39 is 0 Å². The molecular formula is C62H38N2. The molecule has 2 heteroatoms. The highest BCUT2D eigenvalue weighted by molar-refractivity contribution is 6.33. The number of fused-ring (bicyclic) bond motifs is 15. The first-order valence-corrected chi connectivity index (χ1v) is 22.2. The molecule has 12 aromatic carbocycles. The van der Waals surface area contributed by atoms with Gasteiger partial charge in [0.05, 0.1) is 27.8 Å². The summed E-state index contributed by atoms with van der Waals surface area (Å²) in [4.78, 5) is 0. The van der Waals surface area contributed by atoms with Gasteiger partial charge in [-0.2, -0.15) is 0 Å². The summed E-state index contributed by atoms with van der Waals surface area (Å²) in [5, 5.41) is 17.8. The maximum Gasteiger partial charge on any atom is 0.0541 e. The second-order valence-corrected chi connectivity index (χ2v) is 17.2. The fraction of sp³-hybridized carbons (Fsp3) is 0. The van der Waals surface area contributed by atoms with Crippen LogP contribution in [0.15, 0.2) is 231 Å². The van der Waals surface area contributed by atoms with E-state index in [0.29, 0.717) is 0 Å². The van der Waals surface area contributed by atoms with Gasteiger partial charge in [0.2, 0.25) is 0 Å². The van der Waals surface area contributed by atoms with Gasteiger partial charge in [-0.3, -0.25) is 0 Å². The van der Waals surface area contributed by atoms with Crippen LogP contribution in [0.1, 0.15) is 0 Å². The minimum absolute atomic E-state index is 1.17. The van der Waals surface area contributed by atoms with Gasteiger partial charge >= 0.3 is 0 Å². The Morgan fingerprint density at radius 2 is 0.641 bits per heavy atom. The zero-order valence-corrected chi connectivity index (χ0v) is 34.8. The largest absolute Gasteiger partial charge is 0.309 e. The van der Waals surface area contributed by atoms with Crippen LogP contribution in [0.5, 0.6) is 0 Å². The predicted molar refractivity (Wildman–Crippen MR) is 274 cm³/mol. The molecule has 0 amide bonds. The van der Waals surface area contributed by atoms with Gasteiger partial charge in [-0.05, 0) is 131 Å². The Hall–Kier alpha value is -8.46. The highest BCUT2D eigenvalue weighted by atomic mass is 15.0. The standard InChI is InChI=1S/C62H38N2/c1-2-16-41(17-3-1)63-57-28-14-12-24-49(57)54-36-39(30-33-60(54)63)40-31-34-61-55(37-40)50-25-13-15-29-58(50)64(61)59-35-32-47(43-19-6-9-23-48(43)59)53-38-56-45-21-5-4-18-42(45)44-20-7-10-26-51(44)62(56)52-27-11-8-22-46(52)53/h1-38H. The van der Waals surface area contributed by atoms with Crippen LogP contribution in [-0.2, 0) is 0 Å². The second kappa shape index (κ2) is 13.5. The van der Waals surface area contributed by atoms with Gasteiger partial charge < -0.3 is 9.13 Å². The van der Waals surface area contributed by atoms with E-state index >= 15 is 0 Å². The molecule has 0 aliphatic heterocycles. The van der Waals surface area contributed by atoms with Crippen molar-refractivity contribution in [2.75, 3.05) is 0 Å². The molecule has 0 fully saturated rings. The Bertz CT molecular complexity index is 4240. The number of aromatic nitrogens is 2. The minimum atomic E-state index is 1.17. The molecule has 0 saturated heterocycles. The molecule has 14 aromatic rings. The molecule has 2 nitrogen and oxygen atoms in total. The lowest BCUT2D eigenvalue weighted by Crippen LogP contribution is -1.97. The first-order valence-electron chi connectivity index (χ1n) is 22.2. The van der Waals surface area contributed by atoms with E-state index in [4.69, 9.17) is 0 Å². The second-order valence-electron chi connectivity index (χ2n) is 17.2. The van der Waals surface area contributed by atoms with Crippen LogP contribution in [0, 0.1) is 0 Å². The first-order chi connectivity index (χ1) is 31.8. The zero-order valence-electron chi connectivity index (χ0n) is 34.8. The SMILES string of the molecule is c1ccc(-n2c3ccccc3c3cc(-c4ccc5c(c4)c4ccccc4n5-c4ccc(-c5cc6c7ccccc7c7ccccc7c6c6ccccc56)c5ccccc45)ccc32)cc1. The van der Waals surface area contributed by atoms with Crippen molar-refractivity contribution in [1.29, 1.82) is 0 Å². The average molecular weight is 811 g/mol. The molecule has 0 spiro atoms. The summed E-state index contributed by atoms with van der Waals surface area (Å²) >= 11 is 0. The highest BCUT2D eigenvalue weighted by Crippen LogP contribution is 2.46. The van der Waals surface area contributed by atoms with Crippen molar-refractivity contribution in [1.82, 2.24) is 9.13 Å². The normalized spacial score (nSPS) is 12.1. The van der Waals surface area contributed by atoms with Gasteiger partial charge in [-0.25, -0.2) is 0 Å². The Labute approximate surface area is 369 Å². The van der Waals surface area contributed by atoms with Crippen molar-refractivity contribution in [2.24, 2.45) is 0 Å². The topological polar surface area (TPSA) is 9.86 Å². The molecular weight excluding hydrogens is 773 g/mol. The molecule has 0 saturated carbocycles. The summed E-state index contributed by atoms with van der Waals surface area (Å²) in [5.74, 6) is 0. The maximum atomic E-state index is 2.48. The number of rotatable bonds is 4. The molecule has 296 valence electrons. The number of benzene rings is 12. The minimum Gasteiger partial charge on any atom is -0.309 e. The van der Waals surface area contributed by atoms with E-state index in [0.717, 1.165) is 0 Å². The van der Waals surface area contributed by atoms with Crippen molar-refractivity contribution in [3.8, 4) is 33.6 Å². The van der Waals surface area contributed by atoms with E-state index in [1.807, 2.05) is 0 Å². The van der Waals surface area contributed by atoms with Crippen LogP contribution in [0.25, 0.3) is 131 Å². The van der Waals surface area contributed by atoms with Crippen molar-refractivity contribution in [3.63, 3.8) is 0 Å². The molecule has 14 rings (SSSR count). The van der Waals surface area contributed by atoms with Crippen LogP contribution in [0.4, 0.5) is 0 Å². The fourth-order valence-corrected chi connectivity index (χ4v) is 11.1. The molecule has 0 unspecified atom stereocenters. The summed E-state index contributed by atoms with van der Waals surface area (Å²) in [7, 11) is 0. The lowest BCUT2D eigenvalue weighted by atomic mass is 9.86. The Kier molecular flexibility index (Phi) is 7.43. The van der Waals surface area contributed by atoms with E-state index in [2.05, 4.69) is 240 Å². The van der Waals surface area contributed by atoms with Gasteiger partial charge in [-0.15, -0.1) is 0 Å². The van der Waals surface area contributed by atoms with Crippen LogP contribution >= 0.6 is 0 Å². The maximum absolute atomic E-state index is 2.48. The third-order valence-electron chi connectivity index (χ3n) is 13.9. The van der Waals surface area contributed by atoms with E-state index in [-0.39, 0.29) is 0 Å². The Morgan fingerprint density at radius 1 is 0.219 bits per heavy atom. The van der Waals surface area contributed by atoms with Crippen LogP contribution in [0.3, 0.4) is 0 Å². The average Bonchev–Trinajstić information content (AvgIpc) is 3.88. The third-order valence-corrected chi connectivity index (χ3v) is 13.9. The van der Waals surface area contributed by atoms with Crippen molar-refractivity contribution >= 4 is 97.5 Å². The summed E-state index contributed by atoms with van der Waals surface area (Å²) in [6.45, 7) is 0. The number of hydrogen-bond donors (Lipinski definition) is 0. The molecule has 0 N–H and O–H groups in total. The van der Waals surface area contributed by atoms with Gasteiger partial charge in [-0.1, -0.05) is 170 Å². The molecule has 2 heterocycles. The van der Waals surface area contributed by atoms with Crippen LogP contribution in [0.2, 0.25) is 0 Å².